The number of aromatic nitrogens is 3. The van der Waals surface area contributed by atoms with Crippen LogP contribution in [0.2, 0.25) is 0 Å². The first-order valence-electron chi connectivity index (χ1n) is 7.90. The molecule has 3 aromatic rings. The monoisotopic (exact) mass is 343 g/mol. The normalized spacial score (nSPS) is 17.4. The minimum absolute atomic E-state index is 0.308. The first kappa shape index (κ1) is 15.5. The zero-order chi connectivity index (χ0) is 17.6. The number of rotatable bonds is 2. The number of amides is 1. The lowest BCUT2D eigenvalue weighted by atomic mass is 10.0. The molecule has 3 heterocycles. The molecule has 1 aliphatic rings. The van der Waals surface area contributed by atoms with Crippen LogP contribution >= 0.6 is 0 Å². The summed E-state index contributed by atoms with van der Waals surface area (Å²) < 4.78 is 28.9. The minimum Gasteiger partial charge on any atom is -0.351 e. The molecule has 0 saturated carbocycles. The summed E-state index contributed by atoms with van der Waals surface area (Å²) in [5.74, 6) is -0.346. The van der Waals surface area contributed by atoms with Gasteiger partial charge in [-0.1, -0.05) is 0 Å². The Kier molecular flexibility index (Phi) is 3.60. The largest absolute Gasteiger partial charge is 0.351 e. The van der Waals surface area contributed by atoms with E-state index in [-0.39, 0.29) is 6.04 Å². The molecule has 0 bridgehead atoms. The maximum absolute atomic E-state index is 14.2. The highest BCUT2D eigenvalue weighted by Crippen LogP contribution is 2.37. The van der Waals surface area contributed by atoms with E-state index < -0.39 is 17.7 Å². The van der Waals surface area contributed by atoms with Crippen LogP contribution in [0.4, 0.5) is 19.4 Å². The number of nitrogens with two attached hydrogens (primary N) is 1. The van der Waals surface area contributed by atoms with Crippen LogP contribution in [0.1, 0.15) is 24.4 Å². The highest BCUT2D eigenvalue weighted by atomic mass is 19.1. The minimum atomic E-state index is -0.679. The maximum atomic E-state index is 14.2. The summed E-state index contributed by atoms with van der Waals surface area (Å²) in [7, 11) is 0. The van der Waals surface area contributed by atoms with Gasteiger partial charge < -0.3 is 10.6 Å². The number of carbonyl (C=O) groups excluding carboxylic acids is 1. The molecule has 4 rings (SSSR count). The van der Waals surface area contributed by atoms with Gasteiger partial charge in [-0.05, 0) is 43.2 Å². The second kappa shape index (κ2) is 5.80. The van der Waals surface area contributed by atoms with E-state index in [4.69, 9.17) is 5.73 Å². The van der Waals surface area contributed by atoms with Crippen molar-refractivity contribution in [1.29, 1.82) is 0 Å². The number of hydrogen-bond acceptors (Lipinski definition) is 4. The summed E-state index contributed by atoms with van der Waals surface area (Å²) in [5, 5.41) is 0. The molecule has 1 aliphatic heterocycles. The average molecular weight is 343 g/mol. The highest BCUT2D eigenvalue weighted by Gasteiger charge is 2.30. The lowest BCUT2D eigenvalue weighted by Crippen LogP contribution is -2.25. The van der Waals surface area contributed by atoms with Gasteiger partial charge in [0.05, 0.1) is 6.04 Å². The van der Waals surface area contributed by atoms with E-state index in [1.807, 2.05) is 4.90 Å². The average Bonchev–Trinajstić information content (AvgIpc) is 3.22. The van der Waals surface area contributed by atoms with Crippen molar-refractivity contribution in [2.24, 2.45) is 5.73 Å². The van der Waals surface area contributed by atoms with Crippen LogP contribution in [0.15, 0.2) is 36.7 Å². The highest BCUT2D eigenvalue weighted by molar-refractivity contribution is 5.86. The van der Waals surface area contributed by atoms with Crippen molar-refractivity contribution in [2.75, 3.05) is 11.4 Å². The molecule has 0 spiro atoms. The summed E-state index contributed by atoms with van der Waals surface area (Å²) in [4.78, 5) is 21.9. The van der Waals surface area contributed by atoms with Gasteiger partial charge in [-0.25, -0.2) is 28.1 Å². The molecular formula is C17H15F2N5O. The van der Waals surface area contributed by atoms with Crippen LogP contribution in [0, 0.1) is 11.6 Å². The first-order valence-corrected chi connectivity index (χ1v) is 7.90. The van der Waals surface area contributed by atoms with Crippen LogP contribution in [0.5, 0.6) is 0 Å². The molecule has 25 heavy (non-hydrogen) atoms. The predicted molar refractivity (Wildman–Crippen MR) is 88.2 cm³/mol. The summed E-state index contributed by atoms with van der Waals surface area (Å²) in [6.45, 7) is 0.657. The van der Waals surface area contributed by atoms with E-state index in [0.717, 1.165) is 23.1 Å². The molecule has 1 atom stereocenters. The number of halogens is 2. The van der Waals surface area contributed by atoms with Crippen LogP contribution in [-0.2, 0) is 0 Å². The number of benzene rings is 1. The van der Waals surface area contributed by atoms with Gasteiger partial charge in [0, 0.05) is 12.1 Å². The molecule has 128 valence electrons. The second-order valence-electron chi connectivity index (χ2n) is 5.98. The fourth-order valence-electron chi connectivity index (χ4n) is 3.34. The Balaban J connectivity index is 1.77. The fourth-order valence-corrected chi connectivity index (χ4v) is 3.34. The Morgan fingerprint density at radius 2 is 2.08 bits per heavy atom. The van der Waals surface area contributed by atoms with Gasteiger partial charge in [0.1, 0.15) is 29.3 Å². The molecule has 6 nitrogen and oxygen atoms in total. The van der Waals surface area contributed by atoms with Crippen LogP contribution in [0.25, 0.3) is 11.2 Å². The SMILES string of the molecule is NC(=O)n1cnc2ccc(N3CCC[C@@H]3c3cc(F)ccc3F)nc21. The zero-order valence-electron chi connectivity index (χ0n) is 13.2. The van der Waals surface area contributed by atoms with E-state index in [1.54, 1.807) is 12.1 Å². The van der Waals surface area contributed by atoms with Crippen molar-refractivity contribution in [3.63, 3.8) is 0 Å². The molecule has 1 saturated heterocycles. The molecule has 8 heteroatoms. The van der Waals surface area contributed by atoms with Crippen LogP contribution in [-0.4, -0.2) is 27.1 Å². The number of nitrogens with zero attached hydrogens (tertiary/aromatic N) is 4. The van der Waals surface area contributed by atoms with Crippen molar-refractivity contribution < 1.29 is 13.6 Å². The predicted octanol–water partition coefficient (Wildman–Crippen LogP) is 2.98. The summed E-state index contributed by atoms with van der Waals surface area (Å²) in [6, 6.07) is 5.97. The maximum Gasteiger partial charge on any atom is 0.325 e. The Morgan fingerprint density at radius 1 is 1.24 bits per heavy atom. The van der Waals surface area contributed by atoms with Gasteiger partial charge >= 0.3 is 6.03 Å². The van der Waals surface area contributed by atoms with Crippen molar-refractivity contribution in [1.82, 2.24) is 14.5 Å². The zero-order valence-corrected chi connectivity index (χ0v) is 13.2. The van der Waals surface area contributed by atoms with Gasteiger partial charge in [-0.2, -0.15) is 0 Å². The Bertz CT molecular complexity index is 971. The number of carbonyl (C=O) groups is 1. The summed E-state index contributed by atoms with van der Waals surface area (Å²) in [6.07, 6.45) is 2.84. The van der Waals surface area contributed by atoms with Crippen molar-refractivity contribution in [3.05, 3.63) is 53.9 Å². The fraction of sp³-hybridized carbons (Fsp3) is 0.235. The number of hydrogen-bond donors (Lipinski definition) is 1. The van der Waals surface area contributed by atoms with Crippen LogP contribution < -0.4 is 10.6 Å². The molecular weight excluding hydrogens is 328 g/mol. The van der Waals surface area contributed by atoms with E-state index in [1.165, 1.54) is 12.4 Å². The van der Waals surface area contributed by atoms with E-state index in [9.17, 15) is 13.6 Å². The summed E-state index contributed by atoms with van der Waals surface area (Å²) >= 11 is 0. The Morgan fingerprint density at radius 3 is 2.88 bits per heavy atom. The van der Waals surface area contributed by atoms with Crippen molar-refractivity contribution >= 4 is 23.0 Å². The summed E-state index contributed by atoms with van der Waals surface area (Å²) in [5.41, 5.74) is 6.51. The third kappa shape index (κ3) is 2.59. The van der Waals surface area contributed by atoms with E-state index in [2.05, 4.69) is 9.97 Å². The number of primary amides is 1. The van der Waals surface area contributed by atoms with Crippen molar-refractivity contribution in [2.45, 2.75) is 18.9 Å². The third-order valence-electron chi connectivity index (χ3n) is 4.48. The van der Waals surface area contributed by atoms with Crippen LogP contribution in [0.3, 0.4) is 0 Å². The second-order valence-corrected chi connectivity index (χ2v) is 5.98. The first-order chi connectivity index (χ1) is 12.0. The lowest BCUT2D eigenvalue weighted by molar-refractivity contribution is 0.251. The van der Waals surface area contributed by atoms with E-state index in [0.29, 0.717) is 35.5 Å². The Hall–Kier alpha value is -3.03. The molecule has 0 unspecified atom stereocenters. The number of imidazole rings is 1. The standard InChI is InChI=1S/C17H15F2N5O/c18-10-3-4-12(19)11(8-10)14-2-1-7-23(14)15-6-5-13-16(22-15)24(9-21-13)17(20)25/h3-6,8-9,14H,1-2,7H2,(H2,20,25)/t14-/m1/s1. The topological polar surface area (TPSA) is 77.0 Å². The molecule has 1 aromatic carbocycles. The van der Waals surface area contributed by atoms with Gasteiger partial charge in [0.2, 0.25) is 0 Å². The number of fused-ring (bicyclic) bond motifs is 1. The van der Waals surface area contributed by atoms with Gasteiger partial charge in [0.15, 0.2) is 5.65 Å². The molecule has 0 radical (unpaired) electrons. The molecule has 1 fully saturated rings. The Labute approximate surface area is 141 Å². The molecule has 2 N–H and O–H groups in total. The number of pyridine rings is 1. The third-order valence-corrected chi connectivity index (χ3v) is 4.48. The van der Waals surface area contributed by atoms with Gasteiger partial charge in [0.25, 0.3) is 0 Å². The quantitative estimate of drug-likeness (QED) is 0.776. The smallest absolute Gasteiger partial charge is 0.325 e. The molecule has 2 aromatic heterocycles. The number of anilines is 1. The van der Waals surface area contributed by atoms with Gasteiger partial charge in [-0.15, -0.1) is 0 Å². The molecule has 1 amide bonds. The van der Waals surface area contributed by atoms with E-state index >= 15 is 0 Å². The molecule has 0 aliphatic carbocycles. The van der Waals surface area contributed by atoms with Gasteiger partial charge in [-0.3, -0.25) is 0 Å². The van der Waals surface area contributed by atoms with Crippen molar-refractivity contribution in [3.8, 4) is 0 Å². The lowest BCUT2D eigenvalue weighted by Gasteiger charge is -2.26.